The Morgan fingerprint density at radius 1 is 1.06 bits per heavy atom. The van der Waals surface area contributed by atoms with Crippen LogP contribution in [0.25, 0.3) is 11.0 Å². The van der Waals surface area contributed by atoms with Crippen LogP contribution in [-0.4, -0.2) is 9.97 Å². The van der Waals surface area contributed by atoms with Crippen molar-refractivity contribution in [1.82, 2.24) is 9.97 Å². The Hall–Kier alpha value is -1.43. The molecule has 0 aliphatic rings. The van der Waals surface area contributed by atoms with Gasteiger partial charge in [0.1, 0.15) is 5.82 Å². The summed E-state index contributed by atoms with van der Waals surface area (Å²) in [6.07, 6.45) is -4.67. The summed E-state index contributed by atoms with van der Waals surface area (Å²) in [6, 6.07) is 3.09. The van der Waals surface area contributed by atoms with Crippen LogP contribution in [-0.2, 0) is 6.18 Å². The number of alkyl halides is 3. The molecule has 0 bridgehead atoms. The van der Waals surface area contributed by atoms with Gasteiger partial charge in [-0.15, -0.1) is 0 Å². The predicted octanol–water partition coefficient (Wildman–Crippen LogP) is 3.44. The van der Waals surface area contributed by atoms with Gasteiger partial charge in [0.2, 0.25) is 0 Å². The van der Waals surface area contributed by atoms with Crippen molar-refractivity contribution in [3.05, 3.63) is 34.9 Å². The Kier molecular flexibility index (Phi) is 2.46. The minimum Gasteiger partial charge on any atom is -0.239 e. The van der Waals surface area contributed by atoms with Gasteiger partial charge in [-0.2, -0.15) is 13.2 Å². The SMILES string of the molecule is Fc1ccc2nc(C(F)(F)F)c(Cl)nc2c1. The van der Waals surface area contributed by atoms with Crippen molar-refractivity contribution in [2.75, 3.05) is 0 Å². The number of halogens is 5. The molecule has 1 heterocycles. The Balaban J connectivity index is 2.72. The molecule has 0 unspecified atom stereocenters. The van der Waals surface area contributed by atoms with E-state index in [1.807, 2.05) is 0 Å². The van der Waals surface area contributed by atoms with Crippen molar-refractivity contribution in [2.45, 2.75) is 6.18 Å². The molecule has 16 heavy (non-hydrogen) atoms. The van der Waals surface area contributed by atoms with Gasteiger partial charge >= 0.3 is 6.18 Å². The first-order valence-electron chi connectivity index (χ1n) is 4.08. The average Bonchev–Trinajstić information content (AvgIpc) is 2.14. The summed E-state index contributed by atoms with van der Waals surface area (Å²) in [5.41, 5.74) is -1.34. The lowest BCUT2D eigenvalue weighted by atomic mass is 10.3. The first kappa shape index (κ1) is 11.1. The molecule has 0 fully saturated rings. The van der Waals surface area contributed by atoms with Gasteiger partial charge < -0.3 is 0 Å². The first-order valence-corrected chi connectivity index (χ1v) is 4.46. The average molecular weight is 251 g/mol. The van der Waals surface area contributed by atoms with E-state index in [1.165, 1.54) is 0 Å². The molecule has 84 valence electrons. The minimum atomic E-state index is -4.67. The van der Waals surface area contributed by atoms with Crippen LogP contribution >= 0.6 is 11.6 Å². The summed E-state index contributed by atoms with van der Waals surface area (Å²) in [5.74, 6) is -0.613. The Bertz CT molecular complexity index is 553. The van der Waals surface area contributed by atoms with Crippen molar-refractivity contribution in [1.29, 1.82) is 0 Å². The fourth-order valence-electron chi connectivity index (χ4n) is 1.19. The zero-order chi connectivity index (χ0) is 11.9. The molecule has 0 atom stereocenters. The van der Waals surface area contributed by atoms with E-state index >= 15 is 0 Å². The van der Waals surface area contributed by atoms with Crippen LogP contribution in [0.15, 0.2) is 18.2 Å². The van der Waals surface area contributed by atoms with Crippen LogP contribution in [0.3, 0.4) is 0 Å². The highest BCUT2D eigenvalue weighted by Gasteiger charge is 2.36. The predicted molar refractivity (Wildman–Crippen MR) is 49.5 cm³/mol. The fourth-order valence-corrected chi connectivity index (χ4v) is 1.43. The number of aromatic nitrogens is 2. The molecule has 2 nitrogen and oxygen atoms in total. The lowest BCUT2D eigenvalue weighted by Crippen LogP contribution is -2.10. The fraction of sp³-hybridized carbons (Fsp3) is 0.111. The Labute approximate surface area is 91.9 Å². The maximum Gasteiger partial charge on any atom is 0.436 e. The summed E-state index contributed by atoms with van der Waals surface area (Å²) in [5, 5.41) is -0.786. The van der Waals surface area contributed by atoms with Crippen LogP contribution in [0.4, 0.5) is 17.6 Å². The monoisotopic (exact) mass is 250 g/mol. The van der Waals surface area contributed by atoms with E-state index in [4.69, 9.17) is 11.6 Å². The molecular formula is C9H3ClF4N2. The van der Waals surface area contributed by atoms with Gasteiger partial charge in [0, 0.05) is 6.07 Å². The molecule has 0 spiro atoms. The van der Waals surface area contributed by atoms with E-state index in [0.717, 1.165) is 18.2 Å². The first-order chi connectivity index (χ1) is 7.38. The smallest absolute Gasteiger partial charge is 0.239 e. The minimum absolute atomic E-state index is 0.0157. The van der Waals surface area contributed by atoms with Crippen molar-refractivity contribution in [2.24, 2.45) is 0 Å². The molecule has 7 heteroatoms. The van der Waals surface area contributed by atoms with E-state index in [0.29, 0.717) is 0 Å². The van der Waals surface area contributed by atoms with E-state index < -0.39 is 22.8 Å². The number of fused-ring (bicyclic) bond motifs is 1. The second-order valence-corrected chi connectivity index (χ2v) is 3.35. The zero-order valence-electron chi connectivity index (χ0n) is 7.52. The number of hydrogen-bond acceptors (Lipinski definition) is 2. The van der Waals surface area contributed by atoms with E-state index in [1.54, 1.807) is 0 Å². The zero-order valence-corrected chi connectivity index (χ0v) is 8.27. The molecular weight excluding hydrogens is 248 g/mol. The largest absolute Gasteiger partial charge is 0.436 e. The molecule has 1 aromatic heterocycles. The number of rotatable bonds is 0. The van der Waals surface area contributed by atoms with Gasteiger partial charge in [-0.1, -0.05) is 11.6 Å². The Morgan fingerprint density at radius 2 is 1.75 bits per heavy atom. The summed E-state index contributed by atoms with van der Waals surface area (Å²) < 4.78 is 50.0. The third-order valence-electron chi connectivity index (χ3n) is 1.85. The molecule has 0 amide bonds. The van der Waals surface area contributed by atoms with Gasteiger partial charge in [0.25, 0.3) is 0 Å². The van der Waals surface area contributed by atoms with Gasteiger partial charge in [-0.25, -0.2) is 14.4 Å². The van der Waals surface area contributed by atoms with Gasteiger partial charge in [-0.05, 0) is 12.1 Å². The van der Waals surface area contributed by atoms with Crippen molar-refractivity contribution in [3.63, 3.8) is 0 Å². The number of benzene rings is 1. The standard InChI is InChI=1S/C9H3ClF4N2/c10-8-7(9(12,13)14)15-5-2-1-4(11)3-6(5)16-8/h1-3H. The third-order valence-corrected chi connectivity index (χ3v) is 2.12. The summed E-state index contributed by atoms with van der Waals surface area (Å²) in [7, 11) is 0. The van der Waals surface area contributed by atoms with Crippen LogP contribution in [0.5, 0.6) is 0 Å². The van der Waals surface area contributed by atoms with Crippen LogP contribution in [0, 0.1) is 5.82 Å². The lowest BCUT2D eigenvalue weighted by molar-refractivity contribution is -0.141. The van der Waals surface area contributed by atoms with E-state index in [2.05, 4.69) is 9.97 Å². The third kappa shape index (κ3) is 1.92. The van der Waals surface area contributed by atoms with E-state index in [9.17, 15) is 17.6 Å². The maximum atomic E-state index is 12.8. The molecule has 2 rings (SSSR count). The second-order valence-electron chi connectivity index (χ2n) is 2.99. The molecule has 0 aliphatic carbocycles. The van der Waals surface area contributed by atoms with Crippen LogP contribution in [0.2, 0.25) is 5.15 Å². The summed E-state index contributed by atoms with van der Waals surface area (Å²) >= 11 is 5.32. The molecule has 0 saturated heterocycles. The summed E-state index contributed by atoms with van der Waals surface area (Å²) in [6.45, 7) is 0. The van der Waals surface area contributed by atoms with Crippen molar-refractivity contribution in [3.8, 4) is 0 Å². The Morgan fingerprint density at radius 3 is 2.38 bits per heavy atom. The molecule has 0 aliphatic heterocycles. The van der Waals surface area contributed by atoms with E-state index in [-0.39, 0.29) is 11.0 Å². The van der Waals surface area contributed by atoms with Crippen LogP contribution in [0.1, 0.15) is 5.69 Å². The highest BCUT2D eigenvalue weighted by atomic mass is 35.5. The molecule has 0 saturated carbocycles. The second kappa shape index (κ2) is 3.55. The van der Waals surface area contributed by atoms with Gasteiger partial charge in [-0.3, -0.25) is 0 Å². The molecule has 0 N–H and O–H groups in total. The number of nitrogens with zero attached hydrogens (tertiary/aromatic N) is 2. The normalized spacial score (nSPS) is 12.1. The van der Waals surface area contributed by atoms with Gasteiger partial charge in [0.15, 0.2) is 10.8 Å². The topological polar surface area (TPSA) is 25.8 Å². The lowest BCUT2D eigenvalue weighted by Gasteiger charge is -2.08. The maximum absolute atomic E-state index is 12.8. The highest BCUT2D eigenvalue weighted by molar-refractivity contribution is 6.30. The quantitative estimate of drug-likeness (QED) is 0.670. The molecule has 1 aromatic carbocycles. The molecule has 2 aromatic rings. The number of hydrogen-bond donors (Lipinski definition) is 0. The molecule has 0 radical (unpaired) electrons. The van der Waals surface area contributed by atoms with Gasteiger partial charge in [0.05, 0.1) is 11.0 Å². The van der Waals surface area contributed by atoms with Crippen molar-refractivity contribution >= 4 is 22.6 Å². The van der Waals surface area contributed by atoms with Crippen LogP contribution < -0.4 is 0 Å². The highest BCUT2D eigenvalue weighted by Crippen LogP contribution is 2.33. The summed E-state index contributed by atoms with van der Waals surface area (Å²) in [4.78, 5) is 6.75. The van der Waals surface area contributed by atoms with Crippen molar-refractivity contribution < 1.29 is 17.6 Å².